The first-order valence-electron chi connectivity index (χ1n) is 14.8. The predicted octanol–water partition coefficient (Wildman–Crippen LogP) is 10.1. The van der Waals surface area contributed by atoms with Gasteiger partial charge in [0.2, 0.25) is 0 Å². The van der Waals surface area contributed by atoms with Crippen LogP contribution >= 0.6 is 47.0 Å². The molecule has 0 aromatic heterocycles. The molecule has 2 aliphatic heterocycles. The van der Waals surface area contributed by atoms with Crippen molar-refractivity contribution in [2.75, 3.05) is 0 Å². The van der Waals surface area contributed by atoms with Gasteiger partial charge in [-0.05, 0) is 48.6 Å². The van der Waals surface area contributed by atoms with Gasteiger partial charge in [-0.3, -0.25) is 9.59 Å². The van der Waals surface area contributed by atoms with Gasteiger partial charge in [-0.1, -0.05) is 96.4 Å². The Bertz CT molecular complexity index is 2040. The maximum absolute atomic E-state index is 15.1. The first-order chi connectivity index (χ1) is 22.6. The Morgan fingerprint density at radius 1 is 0.543 bits per heavy atom. The van der Waals surface area contributed by atoms with E-state index in [4.69, 9.17) is 9.98 Å². The van der Waals surface area contributed by atoms with E-state index in [0.29, 0.717) is 33.6 Å². The van der Waals surface area contributed by atoms with Crippen molar-refractivity contribution in [3.05, 3.63) is 144 Å². The van der Waals surface area contributed by atoms with E-state index >= 15 is 9.59 Å². The van der Waals surface area contributed by atoms with Gasteiger partial charge < -0.3 is 0 Å². The number of nitrogens with zero attached hydrogens (tertiary/aromatic N) is 2. The van der Waals surface area contributed by atoms with Crippen molar-refractivity contribution in [2.24, 2.45) is 9.98 Å². The quantitative estimate of drug-likeness (QED) is 0.190. The number of fused-ring (bicyclic) bond motifs is 8. The SMILES string of the molecule is O=C1c2c(Sc3ccccc3)cc3c(c2C(=O)c2c(Sc4ccccc4)cc4c(c21)N=C1C=CC=CC1S4)N=C1C=CC=CC1S3. The molecular weight excluding hydrogens is 645 g/mol. The summed E-state index contributed by atoms with van der Waals surface area (Å²) in [4.78, 5) is 45.7. The molecule has 2 unspecified atom stereocenters. The summed E-state index contributed by atoms with van der Waals surface area (Å²) in [5, 5.41) is 0.114. The molecule has 9 rings (SSSR count). The average molecular weight is 667 g/mol. The van der Waals surface area contributed by atoms with Crippen LogP contribution in [0.1, 0.15) is 31.8 Å². The molecule has 5 aliphatic rings. The van der Waals surface area contributed by atoms with Crippen molar-refractivity contribution in [3.8, 4) is 0 Å². The largest absolute Gasteiger partial charge is 0.288 e. The highest BCUT2D eigenvalue weighted by molar-refractivity contribution is 8.01. The lowest BCUT2D eigenvalue weighted by atomic mass is 9.82. The Balaban J connectivity index is 1.31. The van der Waals surface area contributed by atoms with E-state index in [9.17, 15) is 0 Å². The maximum Gasteiger partial charge on any atom is 0.198 e. The Hall–Kier alpha value is -4.08. The van der Waals surface area contributed by atoms with Gasteiger partial charge in [0.05, 0.1) is 55.6 Å². The van der Waals surface area contributed by atoms with Crippen LogP contribution in [0, 0.1) is 0 Å². The van der Waals surface area contributed by atoms with Crippen LogP contribution in [0.4, 0.5) is 11.4 Å². The summed E-state index contributed by atoms with van der Waals surface area (Å²) in [6.45, 7) is 0. The minimum Gasteiger partial charge on any atom is -0.288 e. The fourth-order valence-electron chi connectivity index (χ4n) is 6.14. The van der Waals surface area contributed by atoms with E-state index < -0.39 is 0 Å². The van der Waals surface area contributed by atoms with Crippen molar-refractivity contribution in [2.45, 2.75) is 39.9 Å². The fourth-order valence-corrected chi connectivity index (χ4v) is 10.6. The standard InChI is InChI=1S/C38H22N2O2S4/c41-37-31-27(43-21-11-3-1-4-12-21)19-29-35(39-23-15-7-9-17-25(23)45-29)33(31)38(42)32-28(44-22-13-5-2-6-14-22)20-30-36(34(32)37)40-24-16-8-10-18-26(24)46-30/h1-20,25-26H. The molecule has 220 valence electrons. The van der Waals surface area contributed by atoms with Gasteiger partial charge in [0, 0.05) is 29.4 Å². The van der Waals surface area contributed by atoms with Crippen LogP contribution in [-0.2, 0) is 0 Å². The summed E-state index contributed by atoms with van der Waals surface area (Å²) in [6, 6.07) is 24.1. The van der Waals surface area contributed by atoms with Gasteiger partial charge in [0.25, 0.3) is 0 Å². The van der Waals surface area contributed by atoms with Gasteiger partial charge in [0.15, 0.2) is 11.6 Å². The van der Waals surface area contributed by atoms with E-state index in [-0.39, 0.29) is 22.1 Å². The highest BCUT2D eigenvalue weighted by Crippen LogP contribution is 2.54. The highest BCUT2D eigenvalue weighted by atomic mass is 32.2. The molecule has 0 spiro atoms. The lowest BCUT2D eigenvalue weighted by molar-refractivity contribution is 0.0975. The molecule has 46 heavy (non-hydrogen) atoms. The zero-order valence-corrected chi connectivity index (χ0v) is 27.3. The summed E-state index contributed by atoms with van der Waals surface area (Å²) in [5.74, 6) is -0.356. The van der Waals surface area contributed by atoms with Crippen LogP contribution in [-0.4, -0.2) is 33.5 Å². The number of ketones is 2. The Morgan fingerprint density at radius 2 is 0.978 bits per heavy atom. The molecule has 0 amide bonds. The van der Waals surface area contributed by atoms with E-state index in [2.05, 4.69) is 24.3 Å². The summed E-state index contributed by atoms with van der Waals surface area (Å²) in [6.07, 6.45) is 16.2. The van der Waals surface area contributed by atoms with E-state index in [1.165, 1.54) is 23.5 Å². The molecule has 4 nitrogen and oxygen atoms in total. The Kier molecular flexibility index (Phi) is 6.93. The molecule has 2 heterocycles. The zero-order chi connectivity index (χ0) is 30.8. The number of benzene rings is 4. The Labute approximate surface area is 283 Å². The lowest BCUT2D eigenvalue weighted by Gasteiger charge is -2.31. The molecular formula is C38H22N2O2S4. The number of hydrogen-bond donors (Lipinski definition) is 0. The maximum atomic E-state index is 15.1. The van der Waals surface area contributed by atoms with Crippen LogP contribution in [0.5, 0.6) is 0 Å². The van der Waals surface area contributed by atoms with Crippen LogP contribution in [0.15, 0.2) is 161 Å². The summed E-state index contributed by atoms with van der Waals surface area (Å²) < 4.78 is 0. The smallest absolute Gasteiger partial charge is 0.198 e. The third-order valence-corrected chi connectivity index (χ3v) is 12.7. The third-order valence-electron chi connectivity index (χ3n) is 8.21. The van der Waals surface area contributed by atoms with Gasteiger partial charge in [0.1, 0.15) is 0 Å². The molecule has 3 aliphatic carbocycles. The number of carbonyl (C=O) groups is 2. The predicted molar refractivity (Wildman–Crippen MR) is 191 cm³/mol. The van der Waals surface area contributed by atoms with Crippen molar-refractivity contribution in [1.29, 1.82) is 0 Å². The monoisotopic (exact) mass is 666 g/mol. The fraction of sp³-hybridized carbons (Fsp3) is 0.0526. The average Bonchev–Trinajstić information content (AvgIpc) is 3.09. The minimum atomic E-state index is -0.178. The van der Waals surface area contributed by atoms with Crippen LogP contribution < -0.4 is 0 Å². The number of rotatable bonds is 4. The number of hydrogen-bond acceptors (Lipinski definition) is 8. The topological polar surface area (TPSA) is 58.9 Å². The second-order valence-electron chi connectivity index (χ2n) is 11.1. The Morgan fingerprint density at radius 3 is 1.41 bits per heavy atom. The van der Waals surface area contributed by atoms with Gasteiger partial charge in [-0.25, -0.2) is 9.98 Å². The number of allylic oxidation sites excluding steroid dienone is 6. The molecule has 0 bridgehead atoms. The second-order valence-corrected chi connectivity index (χ2v) is 15.7. The second kappa shape index (κ2) is 11.3. The van der Waals surface area contributed by atoms with E-state index in [1.54, 1.807) is 23.5 Å². The molecule has 4 aromatic rings. The first-order valence-corrected chi connectivity index (χ1v) is 18.2. The molecule has 0 saturated carbocycles. The van der Waals surface area contributed by atoms with Crippen molar-refractivity contribution < 1.29 is 9.59 Å². The molecule has 0 radical (unpaired) electrons. The number of carbonyl (C=O) groups excluding carboxylic acids is 2. The molecule has 0 fully saturated rings. The highest BCUT2D eigenvalue weighted by Gasteiger charge is 2.42. The van der Waals surface area contributed by atoms with Gasteiger partial charge >= 0.3 is 0 Å². The summed E-state index contributed by atoms with van der Waals surface area (Å²) in [5.41, 5.74) is 4.54. The normalized spacial score (nSPS) is 19.7. The molecule has 8 heteroatoms. The first kappa shape index (κ1) is 28.2. The van der Waals surface area contributed by atoms with E-state index in [1.807, 2.05) is 97.1 Å². The van der Waals surface area contributed by atoms with E-state index in [0.717, 1.165) is 40.8 Å². The van der Waals surface area contributed by atoms with Crippen LogP contribution in [0.2, 0.25) is 0 Å². The lowest BCUT2D eigenvalue weighted by Crippen LogP contribution is -2.26. The molecule has 4 aromatic carbocycles. The van der Waals surface area contributed by atoms with Crippen molar-refractivity contribution in [1.82, 2.24) is 0 Å². The summed E-state index contributed by atoms with van der Waals surface area (Å²) in [7, 11) is 0. The minimum absolute atomic E-state index is 0.0569. The van der Waals surface area contributed by atoms with Crippen molar-refractivity contribution >= 4 is 81.4 Å². The third kappa shape index (κ3) is 4.66. The van der Waals surface area contributed by atoms with Crippen LogP contribution in [0.3, 0.4) is 0 Å². The van der Waals surface area contributed by atoms with Crippen LogP contribution in [0.25, 0.3) is 0 Å². The number of thioether (sulfide) groups is 2. The van der Waals surface area contributed by atoms with Crippen molar-refractivity contribution in [3.63, 3.8) is 0 Å². The van der Waals surface area contributed by atoms with Gasteiger partial charge in [-0.2, -0.15) is 0 Å². The number of aliphatic imine (C=N–C) groups is 2. The molecule has 0 saturated heterocycles. The molecule has 0 N–H and O–H groups in total. The zero-order valence-electron chi connectivity index (χ0n) is 24.0. The molecule has 2 atom stereocenters. The van der Waals surface area contributed by atoms with Gasteiger partial charge in [-0.15, -0.1) is 23.5 Å². The summed E-state index contributed by atoms with van der Waals surface area (Å²) >= 11 is 6.38.